The van der Waals surface area contributed by atoms with Crippen molar-refractivity contribution in [3.63, 3.8) is 0 Å². The minimum Gasteiger partial charge on any atom is -0.320 e. The van der Waals surface area contributed by atoms with Crippen LogP contribution in [0.3, 0.4) is 0 Å². The van der Waals surface area contributed by atoms with Gasteiger partial charge in [-0.2, -0.15) is 0 Å². The average Bonchev–Trinajstić information content (AvgIpc) is 2.85. The summed E-state index contributed by atoms with van der Waals surface area (Å²) in [5.74, 6) is 0.339. The van der Waals surface area contributed by atoms with Crippen LogP contribution in [0.25, 0.3) is 11.2 Å². The van der Waals surface area contributed by atoms with Gasteiger partial charge in [-0.05, 0) is 17.7 Å². The standard InChI is InChI=1S/C14H13FN4O/c1-2-11-17-13-12(14(20)18-11)19(8-16-13)7-9-3-5-10(15)6-4-9/h3-6,8H,2,7H2,1H3,(H,17,18,20). The number of aromatic nitrogens is 4. The van der Waals surface area contributed by atoms with Crippen molar-refractivity contribution < 1.29 is 4.39 Å². The largest absolute Gasteiger partial charge is 0.320 e. The van der Waals surface area contributed by atoms with E-state index in [1.807, 2.05) is 6.92 Å². The van der Waals surface area contributed by atoms with Gasteiger partial charge in [0.15, 0.2) is 11.2 Å². The molecule has 0 atom stereocenters. The first kappa shape index (κ1) is 12.5. The van der Waals surface area contributed by atoms with E-state index in [9.17, 15) is 9.18 Å². The van der Waals surface area contributed by atoms with Gasteiger partial charge in [-0.25, -0.2) is 14.4 Å². The van der Waals surface area contributed by atoms with Crippen molar-refractivity contribution in [1.29, 1.82) is 0 Å². The molecule has 1 aromatic carbocycles. The lowest BCUT2D eigenvalue weighted by Crippen LogP contribution is -2.15. The number of hydrogen-bond acceptors (Lipinski definition) is 3. The van der Waals surface area contributed by atoms with Gasteiger partial charge in [-0.3, -0.25) is 4.79 Å². The summed E-state index contributed by atoms with van der Waals surface area (Å²) in [6.45, 7) is 2.37. The van der Waals surface area contributed by atoms with Crippen molar-refractivity contribution in [1.82, 2.24) is 19.5 Å². The fourth-order valence-electron chi connectivity index (χ4n) is 2.11. The monoisotopic (exact) mass is 272 g/mol. The van der Waals surface area contributed by atoms with Gasteiger partial charge in [0.1, 0.15) is 11.6 Å². The van der Waals surface area contributed by atoms with Crippen molar-refractivity contribution >= 4 is 11.2 Å². The van der Waals surface area contributed by atoms with E-state index in [0.717, 1.165) is 5.56 Å². The van der Waals surface area contributed by atoms with E-state index in [2.05, 4.69) is 15.0 Å². The quantitative estimate of drug-likeness (QED) is 0.791. The molecule has 20 heavy (non-hydrogen) atoms. The topological polar surface area (TPSA) is 63.6 Å². The minimum atomic E-state index is -0.281. The third-order valence-corrected chi connectivity index (χ3v) is 3.13. The first-order valence-electron chi connectivity index (χ1n) is 6.36. The molecule has 0 bridgehead atoms. The van der Waals surface area contributed by atoms with Crippen LogP contribution >= 0.6 is 0 Å². The molecule has 0 radical (unpaired) electrons. The van der Waals surface area contributed by atoms with Crippen molar-refractivity contribution in [2.45, 2.75) is 19.9 Å². The van der Waals surface area contributed by atoms with Crippen LogP contribution in [0.5, 0.6) is 0 Å². The molecule has 2 aromatic heterocycles. The Morgan fingerprint density at radius 2 is 2.05 bits per heavy atom. The Bertz CT molecular complexity index is 804. The maximum atomic E-state index is 12.9. The van der Waals surface area contributed by atoms with Crippen LogP contribution < -0.4 is 5.56 Å². The maximum absolute atomic E-state index is 12.9. The number of hydrogen-bond donors (Lipinski definition) is 1. The number of H-pyrrole nitrogens is 1. The lowest BCUT2D eigenvalue weighted by Gasteiger charge is -2.04. The summed E-state index contributed by atoms with van der Waals surface area (Å²) in [4.78, 5) is 23.2. The Labute approximate surface area is 114 Å². The van der Waals surface area contributed by atoms with Crippen molar-refractivity contribution in [2.75, 3.05) is 0 Å². The second-order valence-electron chi connectivity index (χ2n) is 4.54. The highest BCUT2D eigenvalue weighted by atomic mass is 19.1. The fraction of sp³-hybridized carbons (Fsp3) is 0.214. The number of fused-ring (bicyclic) bond motifs is 1. The van der Waals surface area contributed by atoms with Crippen LogP contribution in [0.15, 0.2) is 35.4 Å². The zero-order chi connectivity index (χ0) is 14.1. The fourth-order valence-corrected chi connectivity index (χ4v) is 2.11. The number of imidazole rings is 1. The molecule has 3 aromatic rings. The zero-order valence-corrected chi connectivity index (χ0v) is 10.9. The molecule has 0 spiro atoms. The van der Waals surface area contributed by atoms with E-state index < -0.39 is 0 Å². The third kappa shape index (κ3) is 2.20. The lowest BCUT2D eigenvalue weighted by atomic mass is 10.2. The molecule has 102 valence electrons. The van der Waals surface area contributed by atoms with Gasteiger partial charge in [0, 0.05) is 13.0 Å². The van der Waals surface area contributed by atoms with Gasteiger partial charge in [-0.15, -0.1) is 0 Å². The Morgan fingerprint density at radius 1 is 1.30 bits per heavy atom. The van der Waals surface area contributed by atoms with Crippen LogP contribution in [0.4, 0.5) is 4.39 Å². The number of nitrogens with one attached hydrogen (secondary N) is 1. The number of rotatable bonds is 3. The van der Waals surface area contributed by atoms with Gasteiger partial charge in [0.05, 0.1) is 6.33 Å². The Kier molecular flexibility index (Phi) is 3.06. The molecule has 0 aliphatic rings. The lowest BCUT2D eigenvalue weighted by molar-refractivity contribution is 0.626. The second kappa shape index (κ2) is 4.88. The maximum Gasteiger partial charge on any atom is 0.277 e. The highest BCUT2D eigenvalue weighted by Crippen LogP contribution is 2.10. The predicted octanol–water partition coefficient (Wildman–Crippen LogP) is 1.87. The number of aromatic amines is 1. The van der Waals surface area contributed by atoms with Crippen LogP contribution in [0.1, 0.15) is 18.3 Å². The van der Waals surface area contributed by atoms with Gasteiger partial charge < -0.3 is 9.55 Å². The molecule has 0 amide bonds. The Balaban J connectivity index is 2.04. The van der Waals surface area contributed by atoms with Crippen molar-refractivity contribution in [2.24, 2.45) is 0 Å². The summed E-state index contributed by atoms with van der Waals surface area (Å²) in [6.07, 6.45) is 2.23. The van der Waals surface area contributed by atoms with E-state index in [-0.39, 0.29) is 11.4 Å². The summed E-state index contributed by atoms with van der Waals surface area (Å²) in [7, 11) is 0. The van der Waals surface area contributed by atoms with Crippen LogP contribution in [-0.4, -0.2) is 19.5 Å². The normalized spacial score (nSPS) is 11.1. The van der Waals surface area contributed by atoms with E-state index in [1.54, 1.807) is 23.0 Å². The molecule has 5 nitrogen and oxygen atoms in total. The van der Waals surface area contributed by atoms with Crippen molar-refractivity contribution in [3.8, 4) is 0 Å². The molecule has 0 aliphatic heterocycles. The highest BCUT2D eigenvalue weighted by molar-refractivity contribution is 5.69. The van der Waals surface area contributed by atoms with Gasteiger partial charge in [0.2, 0.25) is 0 Å². The number of nitrogens with zero attached hydrogens (tertiary/aromatic N) is 3. The SMILES string of the molecule is CCc1nc2ncn(Cc3ccc(F)cc3)c2c(=O)[nH]1. The molecule has 0 unspecified atom stereocenters. The van der Waals surface area contributed by atoms with Crippen molar-refractivity contribution in [3.05, 3.63) is 58.2 Å². The van der Waals surface area contributed by atoms with Gasteiger partial charge in [0.25, 0.3) is 5.56 Å². The molecule has 0 saturated carbocycles. The Morgan fingerprint density at radius 3 is 2.75 bits per heavy atom. The van der Waals surface area contributed by atoms with Gasteiger partial charge >= 0.3 is 0 Å². The average molecular weight is 272 g/mol. The molecule has 3 rings (SSSR count). The third-order valence-electron chi connectivity index (χ3n) is 3.13. The summed E-state index contributed by atoms with van der Waals surface area (Å²) >= 11 is 0. The molecular formula is C14H13FN4O. The zero-order valence-electron chi connectivity index (χ0n) is 10.9. The minimum absolute atomic E-state index is 0.202. The van der Waals surface area contributed by atoms with E-state index in [4.69, 9.17) is 0 Å². The second-order valence-corrected chi connectivity index (χ2v) is 4.54. The summed E-state index contributed by atoms with van der Waals surface area (Å²) < 4.78 is 14.6. The summed E-state index contributed by atoms with van der Waals surface area (Å²) in [6, 6.07) is 6.16. The molecule has 6 heteroatoms. The van der Waals surface area contributed by atoms with Crippen LogP contribution in [0, 0.1) is 5.82 Å². The first-order valence-corrected chi connectivity index (χ1v) is 6.36. The molecule has 2 heterocycles. The Hall–Kier alpha value is -2.50. The number of halogens is 1. The van der Waals surface area contributed by atoms with E-state index >= 15 is 0 Å². The molecular weight excluding hydrogens is 259 g/mol. The number of benzene rings is 1. The van der Waals surface area contributed by atoms with Crippen LogP contribution in [-0.2, 0) is 13.0 Å². The summed E-state index contributed by atoms with van der Waals surface area (Å²) in [5, 5.41) is 0. The predicted molar refractivity (Wildman–Crippen MR) is 73.0 cm³/mol. The van der Waals surface area contributed by atoms with E-state index in [0.29, 0.717) is 30.0 Å². The van der Waals surface area contributed by atoms with Gasteiger partial charge in [-0.1, -0.05) is 19.1 Å². The molecule has 0 aliphatic carbocycles. The van der Waals surface area contributed by atoms with E-state index in [1.165, 1.54) is 12.1 Å². The molecule has 0 fully saturated rings. The highest BCUT2D eigenvalue weighted by Gasteiger charge is 2.10. The van der Waals surface area contributed by atoms with Crippen LogP contribution in [0.2, 0.25) is 0 Å². The smallest absolute Gasteiger partial charge is 0.277 e. The first-order chi connectivity index (χ1) is 9.67. The molecule has 1 N–H and O–H groups in total. The summed E-state index contributed by atoms with van der Waals surface area (Å²) in [5.41, 5.74) is 1.57. The number of aryl methyl sites for hydroxylation is 1. The molecule has 0 saturated heterocycles.